The third-order valence-corrected chi connectivity index (χ3v) is 3.50. The Hall–Kier alpha value is -2.16. The molecule has 0 radical (unpaired) electrons. The molecule has 2 aromatic rings. The number of thiophene rings is 1. The maximum Gasteiger partial charge on any atom is 0.254 e. The van der Waals surface area contributed by atoms with Crippen molar-refractivity contribution in [3.8, 4) is 11.8 Å². The normalized spacial score (nSPS) is 9.70. The van der Waals surface area contributed by atoms with E-state index in [1.807, 2.05) is 12.1 Å². The van der Waals surface area contributed by atoms with Gasteiger partial charge in [0.2, 0.25) is 0 Å². The maximum absolute atomic E-state index is 12.3. The summed E-state index contributed by atoms with van der Waals surface area (Å²) >= 11 is 1.40. The van der Waals surface area contributed by atoms with Crippen LogP contribution in [0, 0.1) is 11.8 Å². The highest BCUT2D eigenvalue weighted by atomic mass is 32.1. The molecule has 0 aromatic carbocycles. The molecule has 0 spiro atoms. The second-order valence-corrected chi connectivity index (χ2v) is 5.09. The molecule has 0 saturated carbocycles. The van der Waals surface area contributed by atoms with Crippen molar-refractivity contribution >= 4 is 17.2 Å². The van der Waals surface area contributed by atoms with Crippen LogP contribution in [-0.2, 0) is 6.54 Å². The van der Waals surface area contributed by atoms with Gasteiger partial charge in [0.05, 0.1) is 10.4 Å². The van der Waals surface area contributed by atoms with Gasteiger partial charge in [0.1, 0.15) is 6.61 Å². The van der Waals surface area contributed by atoms with Gasteiger partial charge in [0.25, 0.3) is 5.91 Å². The summed E-state index contributed by atoms with van der Waals surface area (Å²) in [7, 11) is 1.76. The first-order valence-electron chi connectivity index (χ1n) is 6.03. The summed E-state index contributed by atoms with van der Waals surface area (Å²) in [4.78, 5) is 18.6. The molecule has 0 saturated heterocycles. The summed E-state index contributed by atoms with van der Waals surface area (Å²) in [5, 5.41) is 10.4. The fourth-order valence-corrected chi connectivity index (χ4v) is 2.44. The molecule has 102 valence electrons. The monoisotopic (exact) mass is 286 g/mol. The number of hydrogen-bond acceptors (Lipinski definition) is 4. The van der Waals surface area contributed by atoms with Crippen LogP contribution in [0.1, 0.15) is 20.8 Å². The van der Waals surface area contributed by atoms with Gasteiger partial charge < -0.3 is 10.0 Å². The number of rotatable bonds is 3. The molecule has 0 atom stereocenters. The van der Waals surface area contributed by atoms with Crippen LogP contribution in [-0.4, -0.2) is 34.6 Å². The number of aliphatic hydroxyl groups excluding tert-OH is 1. The van der Waals surface area contributed by atoms with E-state index in [9.17, 15) is 4.79 Å². The molecular weight excluding hydrogens is 272 g/mol. The van der Waals surface area contributed by atoms with Crippen molar-refractivity contribution in [1.82, 2.24) is 9.88 Å². The molecule has 0 aliphatic rings. The van der Waals surface area contributed by atoms with Crippen molar-refractivity contribution in [2.24, 2.45) is 0 Å². The molecule has 0 aliphatic heterocycles. The summed E-state index contributed by atoms with van der Waals surface area (Å²) in [5.74, 6) is 5.32. The van der Waals surface area contributed by atoms with Crippen molar-refractivity contribution in [1.29, 1.82) is 0 Å². The zero-order valence-corrected chi connectivity index (χ0v) is 11.9. The van der Waals surface area contributed by atoms with Gasteiger partial charge >= 0.3 is 0 Å². The quantitative estimate of drug-likeness (QED) is 0.875. The van der Waals surface area contributed by atoms with Gasteiger partial charge in [-0.05, 0) is 23.8 Å². The number of pyridine rings is 1. The number of aromatic nitrogens is 1. The van der Waals surface area contributed by atoms with Crippen molar-refractivity contribution in [3.63, 3.8) is 0 Å². The van der Waals surface area contributed by atoms with Crippen LogP contribution in [0.5, 0.6) is 0 Å². The zero-order chi connectivity index (χ0) is 14.4. The molecule has 0 bridgehead atoms. The predicted octanol–water partition coefficient (Wildman–Crippen LogP) is 1.76. The molecule has 20 heavy (non-hydrogen) atoms. The predicted molar refractivity (Wildman–Crippen MR) is 78.3 cm³/mol. The Morgan fingerprint density at radius 2 is 2.20 bits per heavy atom. The van der Waals surface area contributed by atoms with Crippen LogP contribution in [0.15, 0.2) is 36.0 Å². The average molecular weight is 286 g/mol. The summed E-state index contributed by atoms with van der Waals surface area (Å²) < 4.78 is 0. The second kappa shape index (κ2) is 6.85. The van der Waals surface area contributed by atoms with Gasteiger partial charge in [-0.2, -0.15) is 0 Å². The Morgan fingerprint density at radius 1 is 1.45 bits per heavy atom. The zero-order valence-electron chi connectivity index (χ0n) is 11.0. The van der Waals surface area contributed by atoms with Gasteiger partial charge in [-0.3, -0.25) is 9.78 Å². The summed E-state index contributed by atoms with van der Waals surface area (Å²) in [6, 6.07) is 5.52. The summed E-state index contributed by atoms with van der Waals surface area (Å²) in [6.45, 7) is 0.359. The standard InChI is InChI=1S/C15H14N2O2S/c1-17(10-12-4-6-16-7-5-12)15(19)13-9-14(20-11-13)3-2-8-18/h4-7,9,11,18H,8,10H2,1H3. The van der Waals surface area contributed by atoms with Crippen molar-refractivity contribution in [2.45, 2.75) is 6.54 Å². The Kier molecular flexibility index (Phi) is 4.88. The van der Waals surface area contributed by atoms with E-state index < -0.39 is 0 Å². The van der Waals surface area contributed by atoms with Crippen LogP contribution < -0.4 is 0 Å². The molecule has 0 fully saturated rings. The lowest BCUT2D eigenvalue weighted by atomic mass is 10.2. The molecule has 2 aromatic heterocycles. The van der Waals surface area contributed by atoms with Crippen molar-refractivity contribution in [2.75, 3.05) is 13.7 Å². The highest BCUT2D eigenvalue weighted by Crippen LogP contribution is 2.16. The van der Waals surface area contributed by atoms with E-state index in [0.29, 0.717) is 12.1 Å². The Balaban J connectivity index is 2.05. The van der Waals surface area contributed by atoms with Gasteiger partial charge in [-0.1, -0.05) is 11.8 Å². The second-order valence-electron chi connectivity index (χ2n) is 4.18. The molecule has 2 rings (SSSR count). The molecule has 1 amide bonds. The van der Waals surface area contributed by atoms with Crippen molar-refractivity contribution < 1.29 is 9.90 Å². The third kappa shape index (κ3) is 3.67. The molecule has 4 nitrogen and oxygen atoms in total. The smallest absolute Gasteiger partial charge is 0.254 e. The number of amides is 1. The van der Waals surface area contributed by atoms with E-state index in [1.54, 1.807) is 35.8 Å². The first kappa shape index (κ1) is 14.3. The van der Waals surface area contributed by atoms with E-state index in [2.05, 4.69) is 16.8 Å². The van der Waals surface area contributed by atoms with E-state index in [4.69, 9.17) is 5.11 Å². The number of nitrogens with zero attached hydrogens (tertiary/aromatic N) is 2. The minimum Gasteiger partial charge on any atom is -0.384 e. The third-order valence-electron chi connectivity index (χ3n) is 2.65. The SMILES string of the molecule is CN(Cc1ccncc1)C(=O)c1csc(C#CCO)c1. The largest absolute Gasteiger partial charge is 0.384 e. The molecule has 2 heterocycles. The minimum atomic E-state index is -0.177. The van der Waals surface area contributed by atoms with Crippen LogP contribution in [0.25, 0.3) is 0 Å². The van der Waals surface area contributed by atoms with Crippen LogP contribution in [0.4, 0.5) is 0 Å². The highest BCUT2D eigenvalue weighted by Gasteiger charge is 2.13. The first-order valence-corrected chi connectivity index (χ1v) is 6.91. The van der Waals surface area contributed by atoms with E-state index in [0.717, 1.165) is 10.4 Å². The van der Waals surface area contributed by atoms with E-state index in [1.165, 1.54) is 11.3 Å². The molecular formula is C15H14N2O2S. The maximum atomic E-state index is 12.3. The fourth-order valence-electron chi connectivity index (χ4n) is 1.69. The Labute approximate surface area is 121 Å². The Morgan fingerprint density at radius 3 is 2.90 bits per heavy atom. The topological polar surface area (TPSA) is 53.4 Å². The van der Waals surface area contributed by atoms with E-state index in [-0.39, 0.29) is 12.5 Å². The van der Waals surface area contributed by atoms with Gasteiger partial charge in [0, 0.05) is 31.4 Å². The van der Waals surface area contributed by atoms with Gasteiger partial charge in [0.15, 0.2) is 0 Å². The van der Waals surface area contributed by atoms with Crippen LogP contribution >= 0.6 is 11.3 Å². The first-order chi connectivity index (χ1) is 9.70. The number of carbonyl (C=O) groups excluding carboxylic acids is 1. The lowest BCUT2D eigenvalue weighted by Crippen LogP contribution is -2.25. The molecule has 1 N–H and O–H groups in total. The Bertz CT molecular complexity index is 641. The van der Waals surface area contributed by atoms with Gasteiger partial charge in [-0.25, -0.2) is 0 Å². The number of aliphatic hydroxyl groups is 1. The lowest BCUT2D eigenvalue weighted by molar-refractivity contribution is 0.0785. The fraction of sp³-hybridized carbons (Fsp3) is 0.200. The van der Waals surface area contributed by atoms with Gasteiger partial charge in [-0.15, -0.1) is 11.3 Å². The number of hydrogen-bond donors (Lipinski definition) is 1. The van der Waals surface area contributed by atoms with Crippen LogP contribution in [0.3, 0.4) is 0 Å². The van der Waals surface area contributed by atoms with Crippen molar-refractivity contribution in [3.05, 3.63) is 52.0 Å². The minimum absolute atomic E-state index is 0.0462. The highest BCUT2D eigenvalue weighted by molar-refractivity contribution is 7.10. The molecule has 0 aliphatic carbocycles. The summed E-state index contributed by atoms with van der Waals surface area (Å²) in [6.07, 6.45) is 3.42. The summed E-state index contributed by atoms with van der Waals surface area (Å²) in [5.41, 5.74) is 1.65. The number of carbonyl (C=O) groups is 1. The average Bonchev–Trinajstić information content (AvgIpc) is 2.94. The van der Waals surface area contributed by atoms with Crippen LogP contribution in [0.2, 0.25) is 0 Å². The molecule has 0 unspecified atom stereocenters. The molecule has 5 heteroatoms. The lowest BCUT2D eigenvalue weighted by Gasteiger charge is -2.16. The van der Waals surface area contributed by atoms with E-state index >= 15 is 0 Å².